The van der Waals surface area contributed by atoms with E-state index in [2.05, 4.69) is 57.0 Å². The Morgan fingerprint density at radius 2 is 1.62 bits per heavy atom. The molecule has 0 aliphatic carbocycles. The molecule has 4 amide bonds. The Bertz CT molecular complexity index is 2590. The van der Waals surface area contributed by atoms with Gasteiger partial charge in [-0.15, -0.1) is 0 Å². The van der Waals surface area contributed by atoms with Crippen molar-refractivity contribution >= 4 is 45.8 Å². The van der Waals surface area contributed by atoms with Gasteiger partial charge in [0.25, 0.3) is 0 Å². The minimum absolute atomic E-state index is 0.108. The lowest BCUT2D eigenvalue weighted by Crippen LogP contribution is -2.54. The summed E-state index contributed by atoms with van der Waals surface area (Å²) < 4.78 is 21.8. The maximum Gasteiger partial charge on any atom is 0.407 e. The van der Waals surface area contributed by atoms with E-state index in [-0.39, 0.29) is 29.7 Å². The van der Waals surface area contributed by atoms with Crippen molar-refractivity contribution in [1.29, 1.82) is 0 Å². The first-order valence-electron chi connectivity index (χ1n) is 22.5. The molecule has 7 rings (SSSR count). The van der Waals surface area contributed by atoms with Crippen LogP contribution in [-0.2, 0) is 30.4 Å². The molecule has 2 aliphatic heterocycles. The molecule has 4 N–H and O–H groups in total. The van der Waals surface area contributed by atoms with Gasteiger partial charge in [0.15, 0.2) is 0 Å². The maximum absolute atomic E-state index is 14.4. The summed E-state index contributed by atoms with van der Waals surface area (Å²) >= 11 is 0. The molecule has 1 saturated heterocycles. The number of benzene rings is 3. The number of methoxy groups -OCH3 is 2. The molecule has 0 radical (unpaired) electrons. The van der Waals surface area contributed by atoms with Gasteiger partial charge in [0.05, 0.1) is 49.2 Å². The third-order valence-electron chi connectivity index (χ3n) is 13.1. The lowest BCUT2D eigenvalue weighted by Gasteiger charge is -2.37. The van der Waals surface area contributed by atoms with Gasteiger partial charge < -0.3 is 49.3 Å². The van der Waals surface area contributed by atoms with Crippen LogP contribution in [0.3, 0.4) is 0 Å². The van der Waals surface area contributed by atoms with Crippen LogP contribution >= 0.6 is 0 Å². The van der Waals surface area contributed by atoms with Gasteiger partial charge in [0, 0.05) is 35.9 Å². The summed E-state index contributed by atoms with van der Waals surface area (Å²) in [5, 5.41) is 7.49. The van der Waals surface area contributed by atoms with Crippen LogP contribution in [0.15, 0.2) is 60.4 Å². The predicted molar refractivity (Wildman–Crippen MR) is 248 cm³/mol. The molecule has 16 heteroatoms. The number of aromatic nitrogens is 4. The van der Waals surface area contributed by atoms with Gasteiger partial charge >= 0.3 is 12.2 Å². The van der Waals surface area contributed by atoms with Crippen LogP contribution < -0.4 is 15.4 Å². The highest BCUT2D eigenvalue weighted by molar-refractivity contribution is 6.07. The van der Waals surface area contributed by atoms with Crippen molar-refractivity contribution in [2.45, 2.75) is 111 Å². The molecule has 0 bridgehead atoms. The molecule has 5 atom stereocenters. The second kappa shape index (κ2) is 19.8. The second-order valence-electron chi connectivity index (χ2n) is 17.4. The summed E-state index contributed by atoms with van der Waals surface area (Å²) in [7, 11) is 2.58. The van der Waals surface area contributed by atoms with Crippen LogP contribution in [0.1, 0.15) is 104 Å². The van der Waals surface area contributed by atoms with E-state index in [4.69, 9.17) is 28.9 Å². The van der Waals surface area contributed by atoms with E-state index in [0.717, 1.165) is 61.2 Å². The molecule has 1 fully saturated rings. The third kappa shape index (κ3) is 9.40. The van der Waals surface area contributed by atoms with Gasteiger partial charge in [0.2, 0.25) is 11.8 Å². The lowest BCUT2D eigenvalue weighted by atomic mass is 9.90. The van der Waals surface area contributed by atoms with Crippen LogP contribution in [0.5, 0.6) is 5.75 Å². The number of allylic oxidation sites excluding steroid dienone is 2. The molecule has 65 heavy (non-hydrogen) atoms. The van der Waals surface area contributed by atoms with Crippen molar-refractivity contribution in [3.63, 3.8) is 0 Å². The van der Waals surface area contributed by atoms with E-state index in [1.54, 1.807) is 16.0 Å². The van der Waals surface area contributed by atoms with Crippen molar-refractivity contribution < 1.29 is 38.1 Å². The zero-order valence-corrected chi connectivity index (χ0v) is 39.0. The predicted octanol–water partition coefficient (Wildman–Crippen LogP) is 8.70. The zero-order valence-electron chi connectivity index (χ0n) is 39.0. The summed E-state index contributed by atoms with van der Waals surface area (Å²) in [6.45, 7) is 16.8. The molecule has 346 valence electrons. The molecule has 1 unspecified atom stereocenters. The number of ether oxygens (including phenoxy) is 4. The van der Waals surface area contributed by atoms with E-state index < -0.39 is 36.4 Å². The number of hydrogen-bond acceptors (Lipinski definition) is 10. The fourth-order valence-electron chi connectivity index (χ4n) is 9.05. The van der Waals surface area contributed by atoms with Gasteiger partial charge in [-0.1, -0.05) is 45.0 Å². The van der Waals surface area contributed by atoms with E-state index in [0.29, 0.717) is 50.7 Å². The molecule has 3 aromatic carbocycles. The molecular weight excluding hydrogens is 829 g/mol. The minimum atomic E-state index is -0.796. The maximum atomic E-state index is 14.4. The summed E-state index contributed by atoms with van der Waals surface area (Å²) in [4.78, 5) is 73.4. The average molecular weight is 891 g/mol. The highest BCUT2D eigenvalue weighted by Gasteiger charge is 2.38. The Hall–Kier alpha value is -6.42. The van der Waals surface area contributed by atoms with Crippen molar-refractivity contribution in [2.75, 3.05) is 27.4 Å². The van der Waals surface area contributed by atoms with Crippen LogP contribution in [0, 0.1) is 11.8 Å². The summed E-state index contributed by atoms with van der Waals surface area (Å²) in [5.41, 5.74) is 7.10. The number of nitrogens with zero attached hydrogens (tertiary/aromatic N) is 4. The molecule has 0 saturated carbocycles. The molecule has 2 aliphatic rings. The van der Waals surface area contributed by atoms with Crippen LogP contribution in [0.4, 0.5) is 9.59 Å². The highest BCUT2D eigenvalue weighted by Crippen LogP contribution is 2.43. The summed E-state index contributed by atoms with van der Waals surface area (Å²) in [6.07, 6.45) is 4.34. The van der Waals surface area contributed by atoms with Gasteiger partial charge in [-0.3, -0.25) is 9.59 Å². The summed E-state index contributed by atoms with van der Waals surface area (Å²) in [5.74, 6) is 1.27. The average Bonchev–Trinajstić information content (AvgIpc) is 4.00. The molecule has 4 heterocycles. The number of hydrogen-bond donors (Lipinski definition) is 4. The first-order valence-corrected chi connectivity index (χ1v) is 22.5. The number of carbonyl (C=O) groups is 4. The van der Waals surface area contributed by atoms with Gasteiger partial charge in [-0.05, 0) is 112 Å². The largest absolute Gasteiger partial charge is 0.488 e. The van der Waals surface area contributed by atoms with Crippen molar-refractivity contribution in [1.82, 2.24) is 40.4 Å². The number of amides is 4. The number of rotatable bonds is 14. The van der Waals surface area contributed by atoms with Crippen LogP contribution in [0.25, 0.3) is 44.2 Å². The topological polar surface area (TPSA) is 193 Å². The number of H-pyrrole nitrogens is 2. The van der Waals surface area contributed by atoms with Crippen molar-refractivity contribution in [3.8, 4) is 28.1 Å². The Balaban J connectivity index is 1.15. The van der Waals surface area contributed by atoms with E-state index >= 15 is 0 Å². The number of imidazole rings is 2. The molecule has 0 spiro atoms. The van der Waals surface area contributed by atoms with Gasteiger partial charge in [0.1, 0.15) is 36.1 Å². The number of alkyl carbamates (subject to hydrolysis) is 2. The normalized spacial score (nSPS) is 16.4. The minimum Gasteiger partial charge on any atom is -0.488 e. The van der Waals surface area contributed by atoms with Crippen LogP contribution in [0.2, 0.25) is 0 Å². The third-order valence-corrected chi connectivity index (χ3v) is 13.1. The SMILES string of the molecule is C/C=C(/C)N(C(=O)[C@@H](NC(=O)OC)C1CCOCC1)[C@@H](C)c1ncc(-c2ccc3c(c2)COc2cc4c(ccc5nc([C@H](C)N(C(=O)C(NC(=O)OC)C(C)C)[C@@H](C)CC)[nH]c54)cc2-3)[nH]1. The Morgan fingerprint density at radius 3 is 2.29 bits per heavy atom. The smallest absolute Gasteiger partial charge is 0.407 e. The van der Waals surface area contributed by atoms with Crippen molar-refractivity contribution in [2.24, 2.45) is 11.8 Å². The fraction of sp³-hybridized carbons (Fsp3) is 0.469. The Labute approximate surface area is 379 Å². The van der Waals surface area contributed by atoms with E-state index in [1.807, 2.05) is 67.5 Å². The van der Waals surface area contributed by atoms with E-state index in [9.17, 15) is 19.2 Å². The number of carbonyl (C=O) groups excluding carboxylic acids is 4. The number of nitrogens with one attached hydrogen (secondary N) is 4. The van der Waals surface area contributed by atoms with E-state index in [1.165, 1.54) is 14.2 Å². The zero-order chi connectivity index (χ0) is 46.7. The lowest BCUT2D eigenvalue weighted by molar-refractivity contribution is -0.139. The molecular formula is C49H62N8O8. The first-order chi connectivity index (χ1) is 31.2. The fourth-order valence-corrected chi connectivity index (χ4v) is 9.05. The standard InChI is InChI=1S/C49H62N8O8/c1-11-27(5)56(47(59)42(55-49(61)63-10)31-17-19-64-20-18-31)29(7)44-50-24-39(52-44)33-13-15-35-34(21-33)25-65-40-23-36-32(22-37(35)40)14-16-38-43(36)53-45(51-38)30(8)57(28(6)12-2)46(58)41(26(3)4)54-48(60)62-9/h11,13-16,21-24,26,28-31,41-42H,12,17-20,25H2,1-10H3,(H,50,52)(H,51,53)(H,54,60)(H,55,61)/b27-11-/t28-,29-,30-,41?,42-/m0/s1. The molecule has 16 nitrogen and oxygen atoms in total. The second-order valence-corrected chi connectivity index (χ2v) is 17.4. The van der Waals surface area contributed by atoms with Gasteiger partial charge in [-0.25, -0.2) is 19.6 Å². The Kier molecular flexibility index (Phi) is 14.2. The Morgan fingerprint density at radius 1 is 0.892 bits per heavy atom. The molecule has 5 aromatic rings. The quantitative estimate of drug-likeness (QED) is 0.0838. The van der Waals surface area contributed by atoms with Crippen LogP contribution in [-0.4, -0.2) is 99.3 Å². The van der Waals surface area contributed by atoms with Gasteiger partial charge in [-0.2, -0.15) is 0 Å². The first kappa shape index (κ1) is 46.6. The highest BCUT2D eigenvalue weighted by atomic mass is 16.5. The summed E-state index contributed by atoms with van der Waals surface area (Å²) in [6, 6.07) is 11.9. The van der Waals surface area contributed by atoms with Crippen molar-refractivity contribution in [3.05, 3.63) is 77.6 Å². The molecule has 2 aromatic heterocycles. The number of aromatic amines is 2. The number of fused-ring (bicyclic) bond motifs is 6. The monoisotopic (exact) mass is 890 g/mol.